The van der Waals surface area contributed by atoms with E-state index in [9.17, 15) is 4.79 Å². The predicted molar refractivity (Wildman–Crippen MR) is 123 cm³/mol. The fourth-order valence-electron chi connectivity index (χ4n) is 3.96. The average Bonchev–Trinajstić information content (AvgIpc) is 3.60. The van der Waals surface area contributed by atoms with E-state index in [1.807, 2.05) is 29.2 Å². The number of rotatable bonds is 7. The number of hydrogen-bond donors (Lipinski definition) is 1. The van der Waals surface area contributed by atoms with E-state index in [1.54, 1.807) is 30.5 Å². The van der Waals surface area contributed by atoms with Crippen molar-refractivity contribution < 1.29 is 23.0 Å². The summed E-state index contributed by atoms with van der Waals surface area (Å²) in [7, 11) is 0. The van der Waals surface area contributed by atoms with Crippen LogP contribution in [0.2, 0.25) is 0 Å². The Morgan fingerprint density at radius 3 is 2.86 bits per heavy atom. The zero-order chi connectivity index (χ0) is 24.2. The number of piperazine rings is 1. The standard InChI is InChI=1S/C24H23FN6O4/c25-22-14-30(9-10-31(22)23(32)15-33-16-4-3-8-27-13-16)20-6-2-1-5-17(20)19-12-21(35-29-19)24(26)18-7-11-34-28-18/h1-8,11-13,22,24H,9-10,14-15,26H2. The molecule has 3 aromatic heterocycles. The lowest BCUT2D eigenvalue weighted by Crippen LogP contribution is -2.54. The molecule has 2 atom stereocenters. The Balaban J connectivity index is 1.27. The second kappa shape index (κ2) is 9.94. The number of carbonyl (C=O) groups excluding carboxylic acids is 1. The number of hydrogen-bond acceptors (Lipinski definition) is 9. The van der Waals surface area contributed by atoms with Crippen molar-refractivity contribution in [3.63, 3.8) is 0 Å². The topological polar surface area (TPSA) is 124 Å². The monoisotopic (exact) mass is 478 g/mol. The van der Waals surface area contributed by atoms with Gasteiger partial charge >= 0.3 is 0 Å². The zero-order valence-corrected chi connectivity index (χ0v) is 18.7. The Labute approximate surface area is 200 Å². The molecule has 1 aliphatic heterocycles. The summed E-state index contributed by atoms with van der Waals surface area (Å²) >= 11 is 0. The number of para-hydroxylation sites is 1. The minimum absolute atomic E-state index is 0.0127. The summed E-state index contributed by atoms with van der Waals surface area (Å²) in [5.41, 5.74) is 8.82. The van der Waals surface area contributed by atoms with Gasteiger partial charge in [0.2, 0.25) is 0 Å². The van der Waals surface area contributed by atoms with E-state index in [0.29, 0.717) is 29.4 Å². The molecule has 35 heavy (non-hydrogen) atoms. The normalized spacial score (nSPS) is 16.8. The van der Waals surface area contributed by atoms with E-state index in [2.05, 4.69) is 15.3 Å². The highest BCUT2D eigenvalue weighted by Gasteiger charge is 2.32. The van der Waals surface area contributed by atoms with Crippen LogP contribution < -0.4 is 15.4 Å². The van der Waals surface area contributed by atoms with Crippen LogP contribution in [0.4, 0.5) is 10.1 Å². The molecule has 0 spiro atoms. The second-order valence-corrected chi connectivity index (χ2v) is 7.98. The molecule has 11 heteroatoms. The number of carbonyl (C=O) groups is 1. The highest BCUT2D eigenvalue weighted by molar-refractivity contribution is 5.79. The number of nitrogens with zero attached hydrogens (tertiary/aromatic N) is 5. The van der Waals surface area contributed by atoms with Gasteiger partial charge in [-0.3, -0.25) is 9.78 Å². The molecule has 1 fully saturated rings. The SMILES string of the molecule is NC(c1ccon1)c1cc(-c2ccccc2N2CCN(C(=O)COc3cccnc3)C(F)C2)no1. The fraction of sp³-hybridized carbons (Fsp3) is 0.250. The van der Waals surface area contributed by atoms with Gasteiger partial charge in [-0.15, -0.1) is 0 Å². The van der Waals surface area contributed by atoms with Gasteiger partial charge in [0, 0.05) is 42.7 Å². The lowest BCUT2D eigenvalue weighted by Gasteiger charge is -2.39. The molecule has 1 saturated heterocycles. The maximum Gasteiger partial charge on any atom is 0.262 e. The van der Waals surface area contributed by atoms with Gasteiger partial charge in [0.1, 0.15) is 29.4 Å². The van der Waals surface area contributed by atoms with E-state index >= 15 is 4.39 Å². The first-order valence-electron chi connectivity index (χ1n) is 11.0. The van der Waals surface area contributed by atoms with Crippen molar-refractivity contribution in [3.05, 3.63) is 78.6 Å². The number of alkyl halides is 1. The minimum atomic E-state index is -1.49. The highest BCUT2D eigenvalue weighted by atomic mass is 19.1. The Hall–Kier alpha value is -4.25. The average molecular weight is 478 g/mol. The molecular formula is C24H23FN6O4. The third-order valence-corrected chi connectivity index (χ3v) is 5.77. The molecule has 1 amide bonds. The number of nitrogens with two attached hydrogens (primary N) is 1. The van der Waals surface area contributed by atoms with Crippen LogP contribution in [0.1, 0.15) is 17.5 Å². The molecule has 10 nitrogen and oxygen atoms in total. The second-order valence-electron chi connectivity index (χ2n) is 7.98. The molecule has 0 bridgehead atoms. The van der Waals surface area contributed by atoms with Crippen molar-refractivity contribution in [2.75, 3.05) is 31.1 Å². The number of aromatic nitrogens is 3. The summed E-state index contributed by atoms with van der Waals surface area (Å²) in [6.45, 7) is 0.417. The Morgan fingerprint density at radius 2 is 2.09 bits per heavy atom. The van der Waals surface area contributed by atoms with Gasteiger partial charge in [-0.1, -0.05) is 28.5 Å². The summed E-state index contributed by atoms with van der Waals surface area (Å²) in [5.74, 6) is 0.465. The Kier molecular flexibility index (Phi) is 6.40. The van der Waals surface area contributed by atoms with E-state index in [-0.39, 0.29) is 19.7 Å². The predicted octanol–water partition coefficient (Wildman–Crippen LogP) is 2.80. The van der Waals surface area contributed by atoms with Crippen LogP contribution in [0.25, 0.3) is 11.3 Å². The zero-order valence-electron chi connectivity index (χ0n) is 18.7. The van der Waals surface area contributed by atoms with E-state index < -0.39 is 18.2 Å². The van der Waals surface area contributed by atoms with E-state index in [1.165, 1.54) is 17.4 Å². The first kappa shape index (κ1) is 22.5. The number of amides is 1. The van der Waals surface area contributed by atoms with Gasteiger partial charge in [-0.25, -0.2) is 4.39 Å². The molecule has 0 saturated carbocycles. The molecule has 2 unspecified atom stereocenters. The largest absolute Gasteiger partial charge is 0.482 e. The van der Waals surface area contributed by atoms with Crippen molar-refractivity contribution in [2.24, 2.45) is 5.73 Å². The van der Waals surface area contributed by atoms with Gasteiger partial charge in [-0.2, -0.15) is 0 Å². The van der Waals surface area contributed by atoms with Gasteiger partial charge in [0.25, 0.3) is 5.91 Å². The van der Waals surface area contributed by atoms with Crippen molar-refractivity contribution in [1.82, 2.24) is 20.2 Å². The Morgan fingerprint density at radius 1 is 1.20 bits per heavy atom. The van der Waals surface area contributed by atoms with Crippen LogP contribution >= 0.6 is 0 Å². The molecular weight excluding hydrogens is 455 g/mol. The summed E-state index contributed by atoms with van der Waals surface area (Å²) in [6, 6.07) is 13.7. The summed E-state index contributed by atoms with van der Waals surface area (Å²) < 4.78 is 30.8. The molecule has 180 valence electrons. The van der Waals surface area contributed by atoms with Crippen LogP contribution in [0.15, 0.2) is 76.2 Å². The van der Waals surface area contributed by atoms with E-state index in [0.717, 1.165) is 11.3 Å². The first-order valence-corrected chi connectivity index (χ1v) is 11.0. The number of benzene rings is 1. The van der Waals surface area contributed by atoms with Crippen LogP contribution in [0, 0.1) is 0 Å². The maximum absolute atomic E-state index is 15.1. The minimum Gasteiger partial charge on any atom is -0.482 e. The molecule has 1 aliphatic rings. The number of ether oxygens (including phenoxy) is 1. The number of halogens is 1. The first-order chi connectivity index (χ1) is 17.1. The van der Waals surface area contributed by atoms with Crippen molar-refractivity contribution in [1.29, 1.82) is 0 Å². The molecule has 0 radical (unpaired) electrons. The van der Waals surface area contributed by atoms with Gasteiger partial charge in [0.15, 0.2) is 18.7 Å². The lowest BCUT2D eigenvalue weighted by atomic mass is 10.1. The third-order valence-electron chi connectivity index (χ3n) is 5.77. The Bertz CT molecular complexity index is 1270. The highest BCUT2D eigenvalue weighted by Crippen LogP contribution is 2.33. The number of anilines is 1. The molecule has 5 rings (SSSR count). The van der Waals surface area contributed by atoms with Gasteiger partial charge < -0.3 is 29.3 Å². The maximum atomic E-state index is 15.1. The van der Waals surface area contributed by atoms with Crippen LogP contribution in [-0.4, -0.2) is 58.6 Å². The van der Waals surface area contributed by atoms with Crippen molar-refractivity contribution in [3.8, 4) is 17.0 Å². The van der Waals surface area contributed by atoms with Crippen molar-refractivity contribution >= 4 is 11.6 Å². The summed E-state index contributed by atoms with van der Waals surface area (Å²) in [6.07, 6.45) is 3.05. The third kappa shape index (κ3) is 4.85. The molecule has 0 aliphatic carbocycles. The van der Waals surface area contributed by atoms with E-state index in [4.69, 9.17) is 19.5 Å². The molecule has 4 heterocycles. The molecule has 2 N–H and O–H groups in total. The van der Waals surface area contributed by atoms with Gasteiger partial charge in [-0.05, 0) is 18.2 Å². The fourth-order valence-corrected chi connectivity index (χ4v) is 3.96. The van der Waals surface area contributed by atoms with Gasteiger partial charge in [0.05, 0.1) is 12.7 Å². The van der Waals surface area contributed by atoms with Crippen LogP contribution in [0.3, 0.4) is 0 Å². The smallest absolute Gasteiger partial charge is 0.262 e. The summed E-state index contributed by atoms with van der Waals surface area (Å²) in [5, 5.41) is 8.01. The lowest BCUT2D eigenvalue weighted by molar-refractivity contribution is -0.139. The molecule has 1 aromatic carbocycles. The summed E-state index contributed by atoms with van der Waals surface area (Å²) in [4.78, 5) is 19.6. The quantitative estimate of drug-likeness (QED) is 0.399. The van der Waals surface area contributed by atoms with Crippen molar-refractivity contribution in [2.45, 2.75) is 12.3 Å². The molecule has 4 aromatic rings. The number of pyridine rings is 1. The van der Waals surface area contributed by atoms with Crippen LogP contribution in [0.5, 0.6) is 5.75 Å². The van der Waals surface area contributed by atoms with Crippen LogP contribution in [-0.2, 0) is 4.79 Å².